The first-order valence-corrected chi connectivity index (χ1v) is 11.7. The number of hydrogen-bond donors (Lipinski definition) is 2. The summed E-state index contributed by atoms with van der Waals surface area (Å²) in [5, 5.41) is 13.4. The van der Waals surface area contributed by atoms with Gasteiger partial charge in [0.15, 0.2) is 5.82 Å². The molecule has 0 unspecified atom stereocenters. The van der Waals surface area contributed by atoms with E-state index in [0.717, 1.165) is 58.6 Å². The Bertz CT molecular complexity index is 1230. The highest BCUT2D eigenvalue weighted by Gasteiger charge is 2.17. The number of carbonyl (C=O) groups excluding carboxylic acids is 1. The van der Waals surface area contributed by atoms with Gasteiger partial charge >= 0.3 is 0 Å². The number of hydroxylamine groups is 2. The topological polar surface area (TPSA) is 103 Å². The first kappa shape index (κ1) is 23.7. The Hall–Kier alpha value is -3.42. The van der Waals surface area contributed by atoms with Crippen molar-refractivity contribution in [2.45, 2.75) is 30.6 Å². The van der Waals surface area contributed by atoms with Crippen LogP contribution in [0.1, 0.15) is 47.6 Å². The second kappa shape index (κ2) is 11.1. The van der Waals surface area contributed by atoms with Gasteiger partial charge in [-0.05, 0) is 66.6 Å². The third kappa shape index (κ3) is 5.92. The van der Waals surface area contributed by atoms with Crippen LogP contribution >= 0.6 is 12.0 Å². The summed E-state index contributed by atoms with van der Waals surface area (Å²) in [7, 11) is 3.49. The summed E-state index contributed by atoms with van der Waals surface area (Å²) in [6.07, 6.45) is 7.88. The predicted octanol–water partition coefficient (Wildman–Crippen LogP) is 5.59. The summed E-state index contributed by atoms with van der Waals surface area (Å²) >= 11 is 1.14. The van der Waals surface area contributed by atoms with E-state index >= 15 is 0 Å². The average molecular weight is 476 g/mol. The predicted molar refractivity (Wildman–Crippen MR) is 131 cm³/mol. The quantitative estimate of drug-likeness (QED) is 0.249. The van der Waals surface area contributed by atoms with Crippen LogP contribution in [0.5, 0.6) is 0 Å². The van der Waals surface area contributed by atoms with Gasteiger partial charge in [-0.1, -0.05) is 24.3 Å². The molecule has 9 heteroatoms. The Morgan fingerprint density at radius 1 is 1.18 bits per heavy atom. The molecule has 1 aliphatic rings. The van der Waals surface area contributed by atoms with E-state index in [1.807, 2.05) is 42.5 Å². The molecule has 174 valence electrons. The molecular weight excluding hydrogens is 450 g/mol. The first-order chi connectivity index (χ1) is 16.5. The summed E-state index contributed by atoms with van der Waals surface area (Å²) in [4.78, 5) is 25.3. The third-order valence-corrected chi connectivity index (χ3v) is 5.91. The second-order valence-corrected chi connectivity index (χ2v) is 8.78. The van der Waals surface area contributed by atoms with Crippen LogP contribution in [0.25, 0.3) is 16.7 Å². The van der Waals surface area contributed by atoms with Crippen molar-refractivity contribution in [3.8, 4) is 17.2 Å². The molecule has 1 aromatic heterocycles. The first-order valence-electron chi connectivity index (χ1n) is 10.9. The number of imidazole rings is 1. The van der Waals surface area contributed by atoms with Crippen LogP contribution in [-0.2, 0) is 9.32 Å². The second-order valence-electron chi connectivity index (χ2n) is 8.01. The van der Waals surface area contributed by atoms with Gasteiger partial charge < -0.3 is 10.3 Å². The zero-order chi connectivity index (χ0) is 23.9. The van der Waals surface area contributed by atoms with Gasteiger partial charge in [0.2, 0.25) is 0 Å². The molecule has 0 fully saturated rings. The number of amides is 1. The van der Waals surface area contributed by atoms with Crippen LogP contribution in [0, 0.1) is 11.3 Å². The van der Waals surface area contributed by atoms with E-state index < -0.39 is 0 Å². The van der Waals surface area contributed by atoms with Gasteiger partial charge in [0, 0.05) is 30.2 Å². The Kier molecular flexibility index (Phi) is 7.77. The Morgan fingerprint density at radius 3 is 2.65 bits per heavy atom. The molecule has 1 heterocycles. The van der Waals surface area contributed by atoms with Crippen molar-refractivity contribution in [1.29, 1.82) is 5.26 Å². The van der Waals surface area contributed by atoms with Crippen molar-refractivity contribution in [3.63, 3.8) is 0 Å². The number of aromatic nitrogens is 2. The highest BCUT2D eigenvalue weighted by Crippen LogP contribution is 2.35. The zero-order valence-electron chi connectivity index (χ0n) is 19.0. The number of nitriles is 1. The Labute approximate surface area is 202 Å². The summed E-state index contributed by atoms with van der Waals surface area (Å²) in [6.45, 7) is 0. The molecule has 4 rings (SSSR count). The van der Waals surface area contributed by atoms with Crippen molar-refractivity contribution in [1.82, 2.24) is 15.0 Å². The van der Waals surface area contributed by atoms with E-state index in [4.69, 9.17) is 14.6 Å². The van der Waals surface area contributed by atoms with Crippen LogP contribution in [-0.4, -0.2) is 35.0 Å². The summed E-state index contributed by atoms with van der Waals surface area (Å²) < 4.78 is 5.09. The van der Waals surface area contributed by atoms with E-state index in [0.29, 0.717) is 0 Å². The monoisotopic (exact) mass is 475 g/mol. The van der Waals surface area contributed by atoms with Crippen molar-refractivity contribution >= 4 is 29.2 Å². The number of allylic oxidation sites excluding steroid dienone is 2. The zero-order valence-corrected chi connectivity index (χ0v) is 19.8. The number of nitrogens with one attached hydrogen (secondary N) is 2. The summed E-state index contributed by atoms with van der Waals surface area (Å²) in [5.74, 6) is -0.272. The summed E-state index contributed by atoms with van der Waals surface area (Å²) in [6, 6.07) is 16.0. The van der Waals surface area contributed by atoms with Crippen LogP contribution in [0.15, 0.2) is 59.6 Å². The number of nitrogens with zero attached hydrogens (tertiary/aromatic N) is 3. The molecule has 0 aliphatic heterocycles. The molecule has 0 bridgehead atoms. The van der Waals surface area contributed by atoms with E-state index in [1.54, 1.807) is 14.1 Å². The molecule has 0 saturated heterocycles. The summed E-state index contributed by atoms with van der Waals surface area (Å²) in [5.41, 5.74) is 5.29. The lowest BCUT2D eigenvalue weighted by Gasteiger charge is -2.18. The highest BCUT2D eigenvalue weighted by atomic mass is 32.2. The highest BCUT2D eigenvalue weighted by molar-refractivity contribution is 7.94. The van der Waals surface area contributed by atoms with E-state index in [2.05, 4.69) is 27.4 Å². The third-order valence-electron chi connectivity index (χ3n) is 5.31. The van der Waals surface area contributed by atoms with Crippen LogP contribution in [0.4, 0.5) is 5.69 Å². The molecule has 34 heavy (non-hydrogen) atoms. The average Bonchev–Trinajstić information content (AvgIpc) is 3.35. The lowest BCUT2D eigenvalue weighted by Crippen LogP contribution is -2.15. The molecule has 3 aromatic rings. The lowest BCUT2D eigenvalue weighted by molar-refractivity contribution is -0.340. The minimum atomic E-state index is -0.381. The normalized spacial score (nSPS) is 13.4. The standard InChI is InChI=1S/C25H25N5O3S/c1-30(2)32-33-34-21-11-8-17(9-12-21)19-10-13-23(22(14-19)18-6-4-3-5-7-18)29-25(31)24-27-16-20(15-26)28-24/h6,8-14,16H,3-5,7H2,1-2H3,(H,27,28)(H,29,31). The minimum Gasteiger partial charge on any atom is -0.326 e. The van der Waals surface area contributed by atoms with Gasteiger partial charge in [0.25, 0.3) is 5.91 Å². The molecule has 0 radical (unpaired) electrons. The van der Waals surface area contributed by atoms with Gasteiger partial charge in [-0.15, -0.1) is 9.32 Å². The van der Waals surface area contributed by atoms with E-state index in [1.165, 1.54) is 23.3 Å². The number of carbonyl (C=O) groups is 1. The lowest BCUT2D eigenvalue weighted by atomic mass is 9.90. The van der Waals surface area contributed by atoms with Gasteiger partial charge in [-0.25, -0.2) is 4.98 Å². The number of aromatic amines is 1. The van der Waals surface area contributed by atoms with Gasteiger partial charge in [0.05, 0.1) is 18.2 Å². The number of H-pyrrole nitrogens is 1. The maximum absolute atomic E-state index is 12.7. The molecule has 2 N–H and O–H groups in total. The van der Waals surface area contributed by atoms with Gasteiger partial charge in [-0.2, -0.15) is 10.3 Å². The molecule has 0 spiro atoms. The molecule has 1 amide bonds. The molecule has 8 nitrogen and oxygen atoms in total. The van der Waals surface area contributed by atoms with Crippen molar-refractivity contribution in [3.05, 3.63) is 71.8 Å². The van der Waals surface area contributed by atoms with Crippen molar-refractivity contribution < 1.29 is 14.1 Å². The van der Waals surface area contributed by atoms with Gasteiger partial charge in [0.1, 0.15) is 11.8 Å². The number of benzene rings is 2. The fourth-order valence-electron chi connectivity index (χ4n) is 3.67. The largest absolute Gasteiger partial charge is 0.326 e. The van der Waals surface area contributed by atoms with E-state index in [9.17, 15) is 4.79 Å². The van der Waals surface area contributed by atoms with Crippen LogP contribution in [0.3, 0.4) is 0 Å². The van der Waals surface area contributed by atoms with Crippen molar-refractivity contribution in [2.24, 2.45) is 0 Å². The maximum atomic E-state index is 12.7. The smallest absolute Gasteiger partial charge is 0.291 e. The Morgan fingerprint density at radius 2 is 1.97 bits per heavy atom. The molecule has 0 atom stereocenters. The SMILES string of the molecule is CN(C)OOSc1ccc(-c2ccc(NC(=O)c3ncc(C#N)[nH]3)c(C3=CCCCC3)c2)cc1. The fraction of sp³-hybridized carbons (Fsp3) is 0.240. The molecule has 2 aromatic carbocycles. The minimum absolute atomic E-state index is 0.109. The van der Waals surface area contributed by atoms with Crippen molar-refractivity contribution in [2.75, 3.05) is 19.4 Å². The fourth-order valence-corrected chi connectivity index (χ4v) is 4.15. The number of anilines is 1. The molecule has 0 saturated carbocycles. The molecular formula is C25H25N5O3S. The molecule has 1 aliphatic carbocycles. The van der Waals surface area contributed by atoms with Crippen LogP contribution < -0.4 is 5.32 Å². The van der Waals surface area contributed by atoms with Gasteiger partial charge in [-0.3, -0.25) is 4.79 Å². The Balaban J connectivity index is 1.58. The number of rotatable bonds is 8. The number of hydrogen-bond acceptors (Lipinski definition) is 7. The van der Waals surface area contributed by atoms with Crippen LogP contribution in [0.2, 0.25) is 0 Å². The maximum Gasteiger partial charge on any atom is 0.291 e. The van der Waals surface area contributed by atoms with E-state index in [-0.39, 0.29) is 17.4 Å².